The molecule has 0 bridgehead atoms. The van der Waals surface area contributed by atoms with Crippen LogP contribution in [0.25, 0.3) is 11.1 Å². The number of alkyl carbamates (subject to hydrolysis) is 1. The number of nitrogens with one attached hydrogen (secondary N) is 2. The second kappa shape index (κ2) is 9.97. The highest BCUT2D eigenvalue weighted by molar-refractivity contribution is 5.89. The van der Waals surface area contributed by atoms with Crippen LogP contribution < -0.4 is 10.6 Å². The Morgan fingerprint density at radius 3 is 1.91 bits per heavy atom. The van der Waals surface area contributed by atoms with Crippen LogP contribution in [0.4, 0.5) is 18.0 Å². The zero-order valence-electron chi connectivity index (χ0n) is 19.5. The average molecular weight is 492 g/mol. The Balaban J connectivity index is 1.72. The van der Waals surface area contributed by atoms with Crippen LogP contribution in [0.3, 0.4) is 0 Å². The number of carboxylic acids is 1. The minimum atomic E-state index is -4.79. The van der Waals surface area contributed by atoms with E-state index in [9.17, 15) is 32.7 Å². The van der Waals surface area contributed by atoms with Gasteiger partial charge in [-0.15, -0.1) is 0 Å². The third-order valence-electron chi connectivity index (χ3n) is 5.79. The van der Waals surface area contributed by atoms with Crippen molar-refractivity contribution in [2.75, 3.05) is 6.61 Å². The lowest BCUT2D eigenvalue weighted by atomic mass is 9.86. The number of carbonyl (C=O) groups is 3. The molecular formula is C25H27F3N2O5. The summed E-state index contributed by atoms with van der Waals surface area (Å²) in [5.74, 6) is -2.99. The van der Waals surface area contributed by atoms with E-state index in [1.165, 1.54) is 20.8 Å². The Morgan fingerprint density at radius 1 is 0.943 bits per heavy atom. The Kier molecular flexibility index (Phi) is 7.42. The molecule has 1 aliphatic carbocycles. The first-order valence-corrected chi connectivity index (χ1v) is 11.0. The molecule has 7 nitrogen and oxygen atoms in total. The lowest BCUT2D eigenvalue weighted by molar-refractivity contribution is -0.152. The van der Waals surface area contributed by atoms with Gasteiger partial charge < -0.3 is 20.5 Å². The molecule has 1 aliphatic rings. The van der Waals surface area contributed by atoms with Gasteiger partial charge in [-0.1, -0.05) is 69.3 Å². The number of hydrogen-bond donors (Lipinski definition) is 3. The number of amides is 2. The molecule has 0 fully saturated rings. The summed E-state index contributed by atoms with van der Waals surface area (Å²) >= 11 is 0. The van der Waals surface area contributed by atoms with Gasteiger partial charge in [0.2, 0.25) is 5.91 Å². The number of halogens is 3. The number of ether oxygens (including phenoxy) is 1. The number of rotatable bonds is 7. The first kappa shape index (κ1) is 26.1. The third-order valence-corrected chi connectivity index (χ3v) is 5.79. The summed E-state index contributed by atoms with van der Waals surface area (Å²) in [5, 5.41) is 13.4. The summed E-state index contributed by atoms with van der Waals surface area (Å²) < 4.78 is 44.6. The van der Waals surface area contributed by atoms with Crippen molar-refractivity contribution in [3.8, 4) is 11.1 Å². The van der Waals surface area contributed by atoms with Gasteiger partial charge in [0.1, 0.15) is 18.7 Å². The van der Waals surface area contributed by atoms with E-state index >= 15 is 0 Å². The molecular weight excluding hydrogens is 465 g/mol. The molecule has 3 N–H and O–H groups in total. The van der Waals surface area contributed by atoms with Crippen molar-refractivity contribution in [1.82, 2.24) is 10.6 Å². The Hall–Kier alpha value is -3.56. The highest BCUT2D eigenvalue weighted by Crippen LogP contribution is 2.44. The van der Waals surface area contributed by atoms with Crippen molar-refractivity contribution in [3.05, 3.63) is 59.7 Å². The molecule has 10 heteroatoms. The van der Waals surface area contributed by atoms with Crippen molar-refractivity contribution in [1.29, 1.82) is 0 Å². The summed E-state index contributed by atoms with van der Waals surface area (Å²) in [4.78, 5) is 36.5. The maximum Gasteiger partial charge on any atom is 0.407 e. The fourth-order valence-corrected chi connectivity index (χ4v) is 4.11. The summed E-state index contributed by atoms with van der Waals surface area (Å²) in [5.41, 5.74) is 2.82. The number of carboxylic acid groups (broad SMARTS) is 1. The molecule has 0 saturated carbocycles. The van der Waals surface area contributed by atoms with Gasteiger partial charge in [0.15, 0.2) is 0 Å². The number of carbonyl (C=O) groups excluding carboxylic acids is 2. The molecule has 2 atom stereocenters. The minimum absolute atomic E-state index is 0.153. The van der Waals surface area contributed by atoms with E-state index in [0.29, 0.717) is 0 Å². The Labute approximate surface area is 200 Å². The minimum Gasteiger partial charge on any atom is -0.480 e. The predicted octanol–water partition coefficient (Wildman–Crippen LogP) is 4.46. The molecule has 3 rings (SSSR count). The van der Waals surface area contributed by atoms with Gasteiger partial charge in [-0.05, 0) is 27.7 Å². The van der Waals surface area contributed by atoms with Crippen LogP contribution in [0.2, 0.25) is 0 Å². The summed E-state index contributed by atoms with van der Waals surface area (Å²) in [6.07, 6.45) is -7.68. The average Bonchev–Trinajstić information content (AvgIpc) is 3.07. The quantitative estimate of drug-likeness (QED) is 0.529. The third kappa shape index (κ3) is 6.32. The SMILES string of the molecule is CC(C)(C)[C@@H](NC(=O)C(CC(F)(F)F)NC(=O)OCC1c2ccccc2-c2ccccc21)C(=O)O. The fraction of sp³-hybridized carbons (Fsp3) is 0.400. The van der Waals surface area contributed by atoms with E-state index in [0.717, 1.165) is 22.3 Å². The van der Waals surface area contributed by atoms with Crippen molar-refractivity contribution >= 4 is 18.0 Å². The van der Waals surface area contributed by atoms with Crippen LogP contribution in [-0.4, -0.2) is 47.9 Å². The van der Waals surface area contributed by atoms with Crippen molar-refractivity contribution in [3.63, 3.8) is 0 Å². The molecule has 35 heavy (non-hydrogen) atoms. The molecule has 0 saturated heterocycles. The predicted molar refractivity (Wildman–Crippen MR) is 122 cm³/mol. The normalized spacial score (nSPS) is 14.9. The Bertz CT molecular complexity index is 1070. The van der Waals surface area contributed by atoms with E-state index in [1.807, 2.05) is 53.8 Å². The number of fused-ring (bicyclic) bond motifs is 3. The van der Waals surface area contributed by atoms with Gasteiger partial charge in [-0.25, -0.2) is 9.59 Å². The lowest BCUT2D eigenvalue weighted by Crippen LogP contribution is -2.56. The summed E-state index contributed by atoms with van der Waals surface area (Å²) in [7, 11) is 0. The van der Waals surface area contributed by atoms with Crippen molar-refractivity contribution in [2.45, 2.75) is 51.4 Å². The van der Waals surface area contributed by atoms with Crippen molar-refractivity contribution < 1.29 is 37.4 Å². The number of hydrogen-bond acceptors (Lipinski definition) is 4. The van der Waals surface area contributed by atoms with Gasteiger partial charge >= 0.3 is 18.2 Å². The van der Waals surface area contributed by atoms with Crippen LogP contribution >= 0.6 is 0 Å². The van der Waals surface area contributed by atoms with Crippen LogP contribution in [0.5, 0.6) is 0 Å². The molecule has 0 radical (unpaired) electrons. The first-order valence-electron chi connectivity index (χ1n) is 11.0. The van der Waals surface area contributed by atoms with Crippen molar-refractivity contribution in [2.24, 2.45) is 5.41 Å². The highest BCUT2D eigenvalue weighted by Gasteiger charge is 2.40. The number of aliphatic carboxylic acids is 1. The highest BCUT2D eigenvalue weighted by atomic mass is 19.4. The lowest BCUT2D eigenvalue weighted by Gasteiger charge is -2.29. The van der Waals surface area contributed by atoms with Crippen LogP contribution in [0.1, 0.15) is 44.2 Å². The molecule has 0 spiro atoms. The largest absolute Gasteiger partial charge is 0.480 e. The van der Waals surface area contributed by atoms with Gasteiger partial charge in [0, 0.05) is 5.92 Å². The maximum atomic E-state index is 13.1. The molecule has 0 aromatic heterocycles. The van der Waals surface area contributed by atoms with E-state index in [2.05, 4.69) is 5.32 Å². The number of alkyl halides is 3. The number of benzene rings is 2. The monoisotopic (exact) mass is 492 g/mol. The van der Waals surface area contributed by atoms with E-state index in [1.54, 1.807) is 0 Å². The van der Waals surface area contributed by atoms with Gasteiger partial charge in [0.05, 0.1) is 6.42 Å². The topological polar surface area (TPSA) is 105 Å². The molecule has 0 aliphatic heterocycles. The molecule has 1 unspecified atom stereocenters. The second-order valence-corrected chi connectivity index (χ2v) is 9.49. The molecule has 2 aromatic carbocycles. The second-order valence-electron chi connectivity index (χ2n) is 9.49. The summed E-state index contributed by atoms with van der Waals surface area (Å²) in [6.45, 7) is 4.40. The van der Waals surface area contributed by atoms with E-state index in [4.69, 9.17) is 4.74 Å². The van der Waals surface area contributed by atoms with Gasteiger partial charge in [-0.2, -0.15) is 13.2 Å². The zero-order valence-corrected chi connectivity index (χ0v) is 19.5. The maximum absolute atomic E-state index is 13.1. The van der Waals surface area contributed by atoms with Gasteiger partial charge in [0.25, 0.3) is 0 Å². The standard InChI is InChI=1S/C25H27F3N2O5/c1-24(2,3)20(22(32)33)30-21(31)19(12-25(26,27)28)29-23(34)35-13-18-16-10-6-4-8-14(16)15-9-5-7-11-17(15)18/h4-11,18-20H,12-13H2,1-3H3,(H,29,34)(H,30,31)(H,32,33)/t19?,20-/m0/s1. The molecule has 188 valence electrons. The van der Waals surface area contributed by atoms with Crippen LogP contribution in [0.15, 0.2) is 48.5 Å². The Morgan fingerprint density at radius 2 is 1.46 bits per heavy atom. The molecule has 2 aromatic rings. The molecule has 2 amide bonds. The molecule has 0 heterocycles. The van der Waals surface area contributed by atoms with E-state index in [-0.39, 0.29) is 12.5 Å². The fourth-order valence-electron chi connectivity index (χ4n) is 4.11. The smallest absolute Gasteiger partial charge is 0.407 e. The van der Waals surface area contributed by atoms with E-state index < -0.39 is 48.1 Å². The van der Waals surface area contributed by atoms with Crippen LogP contribution in [-0.2, 0) is 14.3 Å². The summed E-state index contributed by atoms with van der Waals surface area (Å²) in [6, 6.07) is 11.6. The van der Waals surface area contributed by atoms with Gasteiger partial charge in [-0.3, -0.25) is 4.79 Å². The zero-order chi connectivity index (χ0) is 26.0. The first-order chi connectivity index (χ1) is 16.3. The van der Waals surface area contributed by atoms with Crippen LogP contribution in [0, 0.1) is 5.41 Å².